The zero-order valence-corrected chi connectivity index (χ0v) is 19.5. The van der Waals surface area contributed by atoms with E-state index in [0.717, 1.165) is 5.69 Å². The number of likely N-dealkylation sites (tertiary alicyclic amines) is 1. The van der Waals surface area contributed by atoms with Crippen LogP contribution in [0, 0.1) is 6.92 Å². The number of hydrogen-bond acceptors (Lipinski definition) is 5. The molecule has 2 fully saturated rings. The van der Waals surface area contributed by atoms with E-state index in [4.69, 9.17) is 27.7 Å². The Kier molecular flexibility index (Phi) is 5.54. The van der Waals surface area contributed by atoms with Gasteiger partial charge in [0.25, 0.3) is 5.91 Å². The molecule has 170 valence electrons. The van der Waals surface area contributed by atoms with Gasteiger partial charge in [-0.3, -0.25) is 9.59 Å². The highest BCUT2D eigenvalue weighted by Crippen LogP contribution is 2.39. The van der Waals surface area contributed by atoms with Gasteiger partial charge in [-0.2, -0.15) is 0 Å². The minimum Gasteiger partial charge on any atom is -0.360 e. The summed E-state index contributed by atoms with van der Waals surface area (Å²) >= 11 is 12.7. The van der Waals surface area contributed by atoms with Gasteiger partial charge in [0.15, 0.2) is 0 Å². The summed E-state index contributed by atoms with van der Waals surface area (Å²) in [7, 11) is 0. The lowest BCUT2D eigenvalue weighted by Crippen LogP contribution is -2.57. The van der Waals surface area contributed by atoms with E-state index in [2.05, 4.69) is 15.4 Å². The Morgan fingerprint density at radius 3 is 2.39 bits per heavy atom. The van der Waals surface area contributed by atoms with E-state index in [0.29, 0.717) is 65.2 Å². The van der Waals surface area contributed by atoms with E-state index in [9.17, 15) is 9.59 Å². The van der Waals surface area contributed by atoms with E-state index in [1.807, 2.05) is 30.3 Å². The zero-order chi connectivity index (χ0) is 23.2. The van der Waals surface area contributed by atoms with Gasteiger partial charge in [-0.25, -0.2) is 0 Å². The van der Waals surface area contributed by atoms with Gasteiger partial charge in [0.2, 0.25) is 5.91 Å². The summed E-state index contributed by atoms with van der Waals surface area (Å²) in [6, 6.07) is 15.0. The van der Waals surface area contributed by atoms with Gasteiger partial charge in [-0.1, -0.05) is 52.6 Å². The number of carbonyl (C=O) groups is 2. The molecule has 0 radical (unpaired) electrons. The molecule has 0 aliphatic carbocycles. The summed E-state index contributed by atoms with van der Waals surface area (Å²) < 4.78 is 5.37. The molecule has 3 aromatic rings. The van der Waals surface area contributed by atoms with Crippen LogP contribution in [-0.4, -0.2) is 47.2 Å². The Morgan fingerprint density at radius 2 is 1.73 bits per heavy atom. The average molecular weight is 485 g/mol. The average Bonchev–Trinajstić information content (AvgIpc) is 3.34. The summed E-state index contributed by atoms with van der Waals surface area (Å²) in [5, 5.41) is 7.86. The molecule has 7 nitrogen and oxygen atoms in total. The maximum Gasteiger partial charge on any atom is 0.259 e. The Labute approximate surface area is 201 Å². The molecule has 2 aromatic carbocycles. The van der Waals surface area contributed by atoms with E-state index >= 15 is 0 Å². The Hall–Kier alpha value is -3.03. The second-order valence-corrected chi connectivity index (χ2v) is 9.12. The number of rotatable bonds is 3. The molecule has 0 bridgehead atoms. The lowest BCUT2D eigenvalue weighted by Gasteiger charge is -2.43. The second kappa shape index (κ2) is 8.39. The maximum atomic E-state index is 13.6. The molecule has 1 spiro atoms. The van der Waals surface area contributed by atoms with Crippen LogP contribution in [0.2, 0.25) is 10.0 Å². The standard InChI is InChI=1S/C24H22Cl2N4O3/c1-15-19(21(28-33-15)20-17(25)8-5-9-18(20)26)22(31)29-12-10-24(11-13-29)23(32)27-14-30(24)16-6-3-2-4-7-16/h2-9H,10-14H2,1H3,(H,27,32). The fraction of sp³-hybridized carbons (Fsp3) is 0.292. The number of halogens is 2. The van der Waals surface area contributed by atoms with Crippen molar-refractivity contribution in [2.75, 3.05) is 24.7 Å². The van der Waals surface area contributed by atoms with Crippen LogP contribution in [0.5, 0.6) is 0 Å². The molecule has 2 saturated heterocycles. The first-order valence-corrected chi connectivity index (χ1v) is 11.5. The molecule has 5 rings (SSSR count). The van der Waals surface area contributed by atoms with Crippen molar-refractivity contribution in [3.05, 3.63) is 69.9 Å². The van der Waals surface area contributed by atoms with Crippen molar-refractivity contribution in [3.8, 4) is 11.3 Å². The number of anilines is 1. The van der Waals surface area contributed by atoms with E-state index < -0.39 is 5.54 Å². The van der Waals surface area contributed by atoms with Crippen molar-refractivity contribution < 1.29 is 14.1 Å². The minimum atomic E-state index is -0.670. The number of para-hydroxylation sites is 1. The van der Waals surface area contributed by atoms with Crippen LogP contribution in [0.15, 0.2) is 53.1 Å². The number of carbonyl (C=O) groups excluding carboxylic acids is 2. The predicted molar refractivity (Wildman–Crippen MR) is 126 cm³/mol. The van der Waals surface area contributed by atoms with Gasteiger partial charge in [0.1, 0.15) is 22.6 Å². The van der Waals surface area contributed by atoms with Gasteiger partial charge in [-0.15, -0.1) is 0 Å². The smallest absolute Gasteiger partial charge is 0.259 e. The summed E-state index contributed by atoms with van der Waals surface area (Å²) in [6.07, 6.45) is 1.04. The third kappa shape index (κ3) is 3.56. The van der Waals surface area contributed by atoms with Crippen LogP contribution in [0.4, 0.5) is 5.69 Å². The first-order valence-electron chi connectivity index (χ1n) is 10.7. The molecule has 0 atom stereocenters. The Morgan fingerprint density at radius 1 is 1.06 bits per heavy atom. The maximum absolute atomic E-state index is 13.6. The molecule has 1 aromatic heterocycles. The minimum absolute atomic E-state index is 0.00292. The third-order valence-corrected chi connectivity index (χ3v) is 7.19. The number of aromatic nitrogens is 1. The summed E-state index contributed by atoms with van der Waals surface area (Å²) in [5.74, 6) is 0.193. The molecular weight excluding hydrogens is 463 g/mol. The summed E-state index contributed by atoms with van der Waals surface area (Å²) in [5.41, 5.74) is 1.47. The van der Waals surface area contributed by atoms with Crippen molar-refractivity contribution in [1.82, 2.24) is 15.4 Å². The molecule has 2 aliphatic rings. The molecular formula is C24H22Cl2N4O3. The van der Waals surface area contributed by atoms with Gasteiger partial charge < -0.3 is 19.6 Å². The first-order chi connectivity index (χ1) is 15.9. The monoisotopic (exact) mass is 484 g/mol. The predicted octanol–water partition coefficient (Wildman–Crippen LogP) is 4.53. The quantitative estimate of drug-likeness (QED) is 0.590. The van der Waals surface area contributed by atoms with Crippen molar-refractivity contribution in [2.45, 2.75) is 25.3 Å². The second-order valence-electron chi connectivity index (χ2n) is 8.31. The normalized spacial score (nSPS) is 17.5. The SMILES string of the molecule is Cc1onc(-c2c(Cl)cccc2Cl)c1C(=O)N1CCC2(CC1)C(=O)NCN2c1ccccc1. The Bertz CT molecular complexity index is 1200. The van der Waals surface area contributed by atoms with Crippen LogP contribution >= 0.6 is 23.2 Å². The van der Waals surface area contributed by atoms with Gasteiger partial charge in [0.05, 0.1) is 16.7 Å². The van der Waals surface area contributed by atoms with Crippen molar-refractivity contribution in [3.63, 3.8) is 0 Å². The van der Waals surface area contributed by atoms with E-state index in [1.165, 1.54) is 0 Å². The number of benzene rings is 2. The van der Waals surface area contributed by atoms with Gasteiger partial charge >= 0.3 is 0 Å². The number of piperidine rings is 1. The Balaban J connectivity index is 1.41. The van der Waals surface area contributed by atoms with Crippen LogP contribution in [0.25, 0.3) is 11.3 Å². The van der Waals surface area contributed by atoms with E-state index in [1.54, 1.807) is 30.0 Å². The topological polar surface area (TPSA) is 78.7 Å². The molecule has 1 N–H and O–H groups in total. The molecule has 2 aliphatic heterocycles. The first kappa shape index (κ1) is 21.8. The highest BCUT2D eigenvalue weighted by Gasteiger charge is 2.51. The number of amides is 2. The molecule has 33 heavy (non-hydrogen) atoms. The third-order valence-electron chi connectivity index (χ3n) is 6.56. The van der Waals surface area contributed by atoms with Crippen LogP contribution in [0.3, 0.4) is 0 Å². The van der Waals surface area contributed by atoms with Gasteiger partial charge in [0, 0.05) is 24.3 Å². The molecule has 0 unspecified atom stereocenters. The van der Waals surface area contributed by atoms with Crippen molar-refractivity contribution in [2.24, 2.45) is 0 Å². The van der Waals surface area contributed by atoms with Crippen molar-refractivity contribution >= 4 is 40.7 Å². The fourth-order valence-electron chi connectivity index (χ4n) is 4.79. The molecule has 9 heteroatoms. The number of aryl methyl sites for hydroxylation is 1. The summed E-state index contributed by atoms with van der Waals surface area (Å²) in [6.45, 7) is 3.00. The van der Waals surface area contributed by atoms with Crippen LogP contribution in [-0.2, 0) is 4.79 Å². The number of nitrogens with zero attached hydrogens (tertiary/aromatic N) is 3. The van der Waals surface area contributed by atoms with Crippen LogP contribution in [0.1, 0.15) is 29.0 Å². The van der Waals surface area contributed by atoms with Crippen molar-refractivity contribution in [1.29, 1.82) is 0 Å². The largest absolute Gasteiger partial charge is 0.360 e. The highest BCUT2D eigenvalue weighted by molar-refractivity contribution is 6.39. The number of hydrogen-bond donors (Lipinski definition) is 1. The lowest BCUT2D eigenvalue weighted by molar-refractivity contribution is -0.124. The fourth-order valence-corrected chi connectivity index (χ4v) is 5.37. The highest BCUT2D eigenvalue weighted by atomic mass is 35.5. The molecule has 3 heterocycles. The van der Waals surface area contributed by atoms with Crippen LogP contribution < -0.4 is 10.2 Å². The summed E-state index contributed by atoms with van der Waals surface area (Å²) in [4.78, 5) is 30.3. The van der Waals surface area contributed by atoms with E-state index in [-0.39, 0.29) is 11.8 Å². The van der Waals surface area contributed by atoms with Gasteiger partial charge in [-0.05, 0) is 44.0 Å². The number of nitrogens with one attached hydrogen (secondary N) is 1. The molecule has 2 amide bonds. The molecule has 0 saturated carbocycles. The zero-order valence-electron chi connectivity index (χ0n) is 18.0. The lowest BCUT2D eigenvalue weighted by atomic mass is 9.85.